The summed E-state index contributed by atoms with van der Waals surface area (Å²) in [7, 11) is 0. The second-order valence-electron chi connectivity index (χ2n) is 2.57. The van der Waals surface area contributed by atoms with Crippen LogP contribution in [-0.2, 0) is 5.33 Å². The van der Waals surface area contributed by atoms with Crippen molar-refractivity contribution in [3.63, 3.8) is 0 Å². The normalized spacial score (nSPS) is 9.08. The Balaban J connectivity index is 2.73. The van der Waals surface area contributed by atoms with Gasteiger partial charge >= 0.3 is 0 Å². The second-order valence-corrected chi connectivity index (χ2v) is 3.93. The maximum absolute atomic E-state index is 3.42. The van der Waals surface area contributed by atoms with Gasteiger partial charge in [-0.15, -0.1) is 0 Å². The second kappa shape index (κ2) is 6.23. The molecule has 1 aromatic carbocycles. The molecule has 0 unspecified atom stereocenters. The van der Waals surface area contributed by atoms with Crippen molar-refractivity contribution in [2.24, 2.45) is 0 Å². The average Bonchev–Trinajstić information content (AvgIpc) is 2.19. The highest BCUT2D eigenvalue weighted by Crippen LogP contribution is 2.07. The molecule has 0 saturated heterocycles. The summed E-state index contributed by atoms with van der Waals surface area (Å²) in [4.78, 5) is 0. The molecule has 1 aromatic rings. The van der Waals surface area contributed by atoms with E-state index in [1.165, 1.54) is 5.56 Å². The SMILES string of the molecule is BrCCC#Cc1cccc(CBr)c1. The zero-order valence-electron chi connectivity index (χ0n) is 7.19. The lowest BCUT2D eigenvalue weighted by molar-refractivity contribution is 1.32. The van der Waals surface area contributed by atoms with Crippen LogP contribution in [-0.4, -0.2) is 5.33 Å². The molecule has 0 aliphatic rings. The molecule has 0 radical (unpaired) electrons. The minimum absolute atomic E-state index is 0.890. The van der Waals surface area contributed by atoms with Gasteiger partial charge in [-0.25, -0.2) is 0 Å². The van der Waals surface area contributed by atoms with Crippen LogP contribution in [0.5, 0.6) is 0 Å². The van der Waals surface area contributed by atoms with E-state index in [4.69, 9.17) is 0 Å². The lowest BCUT2D eigenvalue weighted by Gasteiger charge is -1.94. The van der Waals surface area contributed by atoms with Gasteiger partial charge in [0.1, 0.15) is 0 Å². The zero-order valence-corrected chi connectivity index (χ0v) is 10.4. The van der Waals surface area contributed by atoms with Gasteiger partial charge in [0.25, 0.3) is 0 Å². The predicted molar refractivity (Wildman–Crippen MR) is 64.4 cm³/mol. The molecule has 0 fully saturated rings. The van der Waals surface area contributed by atoms with E-state index in [-0.39, 0.29) is 0 Å². The Bertz CT molecular complexity index is 320. The number of hydrogen-bond acceptors (Lipinski definition) is 0. The highest BCUT2D eigenvalue weighted by Gasteiger charge is 1.90. The number of hydrogen-bond donors (Lipinski definition) is 0. The summed E-state index contributed by atoms with van der Waals surface area (Å²) < 4.78 is 0. The topological polar surface area (TPSA) is 0 Å². The molecule has 2 heteroatoms. The minimum atomic E-state index is 0.890. The van der Waals surface area contributed by atoms with Crippen LogP contribution in [0.15, 0.2) is 24.3 Å². The first-order valence-electron chi connectivity index (χ1n) is 4.06. The fourth-order valence-corrected chi connectivity index (χ4v) is 1.49. The average molecular weight is 302 g/mol. The fourth-order valence-electron chi connectivity index (χ4n) is 0.944. The van der Waals surface area contributed by atoms with Crippen LogP contribution in [0.25, 0.3) is 0 Å². The summed E-state index contributed by atoms with van der Waals surface area (Å²) in [6, 6.07) is 8.27. The van der Waals surface area contributed by atoms with E-state index < -0.39 is 0 Å². The first kappa shape index (κ1) is 10.8. The molecule has 0 nitrogen and oxygen atoms in total. The smallest absolute Gasteiger partial charge is 0.0283 e. The van der Waals surface area contributed by atoms with Gasteiger partial charge in [0.15, 0.2) is 0 Å². The molecule has 0 N–H and O–H groups in total. The molecule has 0 aromatic heterocycles. The van der Waals surface area contributed by atoms with Gasteiger partial charge in [0.2, 0.25) is 0 Å². The largest absolute Gasteiger partial charge is 0.0970 e. The Morgan fingerprint density at radius 2 is 2.08 bits per heavy atom. The fraction of sp³-hybridized carbons (Fsp3) is 0.273. The van der Waals surface area contributed by atoms with Crippen molar-refractivity contribution in [1.29, 1.82) is 0 Å². The maximum Gasteiger partial charge on any atom is 0.0283 e. The third kappa shape index (κ3) is 3.97. The Morgan fingerprint density at radius 3 is 2.77 bits per heavy atom. The first-order chi connectivity index (χ1) is 6.36. The van der Waals surface area contributed by atoms with Gasteiger partial charge in [-0.3, -0.25) is 0 Å². The van der Waals surface area contributed by atoms with E-state index in [9.17, 15) is 0 Å². The zero-order chi connectivity index (χ0) is 9.52. The van der Waals surface area contributed by atoms with E-state index in [1.807, 2.05) is 12.1 Å². The summed E-state index contributed by atoms with van der Waals surface area (Å²) in [5.74, 6) is 6.21. The summed E-state index contributed by atoms with van der Waals surface area (Å²) in [6.45, 7) is 0. The molecule has 0 amide bonds. The lowest BCUT2D eigenvalue weighted by atomic mass is 10.1. The molecule has 0 spiro atoms. The molecule has 0 aliphatic carbocycles. The minimum Gasteiger partial charge on any atom is -0.0970 e. The molecule has 0 bridgehead atoms. The Morgan fingerprint density at radius 1 is 1.23 bits per heavy atom. The van der Waals surface area contributed by atoms with Crippen molar-refractivity contribution in [1.82, 2.24) is 0 Å². The highest BCUT2D eigenvalue weighted by atomic mass is 79.9. The van der Waals surface area contributed by atoms with Crippen molar-refractivity contribution in [3.8, 4) is 11.8 Å². The van der Waals surface area contributed by atoms with Crippen LogP contribution in [0.4, 0.5) is 0 Å². The molecule has 1 rings (SSSR count). The van der Waals surface area contributed by atoms with Crippen molar-refractivity contribution in [2.45, 2.75) is 11.8 Å². The molecular weight excluding hydrogens is 292 g/mol. The monoisotopic (exact) mass is 300 g/mol. The van der Waals surface area contributed by atoms with Gasteiger partial charge in [-0.1, -0.05) is 55.8 Å². The molecule has 0 atom stereocenters. The maximum atomic E-state index is 3.42. The van der Waals surface area contributed by atoms with Gasteiger partial charge in [-0.05, 0) is 17.7 Å². The van der Waals surface area contributed by atoms with Gasteiger partial charge < -0.3 is 0 Å². The standard InChI is InChI=1S/C11H10Br2/c12-7-2-1-4-10-5-3-6-11(8-10)9-13/h3,5-6,8H,2,7,9H2. The highest BCUT2D eigenvalue weighted by molar-refractivity contribution is 9.09. The summed E-state index contributed by atoms with van der Waals surface area (Å²) in [5.41, 5.74) is 2.36. The Labute approximate surface area is 96.0 Å². The molecule has 13 heavy (non-hydrogen) atoms. The van der Waals surface area contributed by atoms with E-state index in [0.29, 0.717) is 0 Å². The van der Waals surface area contributed by atoms with Crippen LogP contribution < -0.4 is 0 Å². The molecular formula is C11H10Br2. The molecule has 0 saturated carbocycles. The molecule has 0 aliphatic heterocycles. The Hall–Kier alpha value is -0.260. The van der Waals surface area contributed by atoms with Gasteiger partial charge in [-0.2, -0.15) is 0 Å². The van der Waals surface area contributed by atoms with Crippen molar-refractivity contribution < 1.29 is 0 Å². The Kier molecular flexibility index (Phi) is 5.19. The number of halogens is 2. The van der Waals surface area contributed by atoms with Crippen molar-refractivity contribution >= 4 is 31.9 Å². The predicted octanol–water partition coefficient (Wildman–Crippen LogP) is 3.72. The van der Waals surface area contributed by atoms with Crippen LogP contribution in [0.3, 0.4) is 0 Å². The van der Waals surface area contributed by atoms with Crippen LogP contribution in [0.2, 0.25) is 0 Å². The quantitative estimate of drug-likeness (QED) is 0.577. The number of benzene rings is 1. The third-order valence-electron chi connectivity index (χ3n) is 1.53. The first-order valence-corrected chi connectivity index (χ1v) is 6.31. The summed E-state index contributed by atoms with van der Waals surface area (Å²) >= 11 is 6.76. The van der Waals surface area contributed by atoms with Gasteiger partial charge in [0.05, 0.1) is 0 Å². The summed E-state index contributed by atoms with van der Waals surface area (Å²) in [5, 5.41) is 1.83. The number of alkyl halides is 2. The van der Waals surface area contributed by atoms with E-state index in [2.05, 4.69) is 55.8 Å². The van der Waals surface area contributed by atoms with E-state index in [1.54, 1.807) is 0 Å². The van der Waals surface area contributed by atoms with E-state index >= 15 is 0 Å². The van der Waals surface area contributed by atoms with Crippen LogP contribution in [0.1, 0.15) is 17.5 Å². The van der Waals surface area contributed by atoms with Gasteiger partial charge in [0, 0.05) is 22.6 Å². The lowest BCUT2D eigenvalue weighted by Crippen LogP contribution is -1.79. The number of rotatable bonds is 2. The summed E-state index contributed by atoms with van der Waals surface area (Å²) in [6.07, 6.45) is 0.901. The van der Waals surface area contributed by atoms with E-state index in [0.717, 1.165) is 22.6 Å². The van der Waals surface area contributed by atoms with Crippen LogP contribution in [0, 0.1) is 11.8 Å². The van der Waals surface area contributed by atoms with Crippen LogP contribution >= 0.6 is 31.9 Å². The third-order valence-corrected chi connectivity index (χ3v) is 2.58. The molecule has 68 valence electrons. The molecule has 0 heterocycles. The van der Waals surface area contributed by atoms with Crippen molar-refractivity contribution in [2.75, 3.05) is 5.33 Å². The van der Waals surface area contributed by atoms with Crippen molar-refractivity contribution in [3.05, 3.63) is 35.4 Å².